The van der Waals surface area contributed by atoms with E-state index in [1.54, 1.807) is 0 Å². The van der Waals surface area contributed by atoms with Crippen LogP contribution in [0, 0.1) is 0 Å². The summed E-state index contributed by atoms with van der Waals surface area (Å²) in [6.45, 7) is 0. The Bertz CT molecular complexity index is 13.5. The molecule has 0 bridgehead atoms. The Morgan fingerprint density at radius 2 is 1.50 bits per heavy atom. The Morgan fingerprint density at radius 3 is 1.50 bits per heavy atom. The molecule has 0 aromatic heterocycles. The maximum absolute atomic E-state index is 8.38. The molecular formula is H5AlMgOZn. The molecule has 4 heteroatoms. The van der Waals surface area contributed by atoms with Crippen LogP contribution in [0.3, 0.4) is 0 Å². The predicted molar refractivity (Wildman–Crippen MR) is 18.6 cm³/mol. The molecule has 1 nitrogen and oxygen atoms in total. The Hall–Kier alpha value is 1.72. The summed E-state index contributed by atoms with van der Waals surface area (Å²) in [6.07, 6.45) is 0. The van der Waals surface area contributed by atoms with E-state index in [4.69, 9.17) is 3.57 Å². The van der Waals surface area contributed by atoms with Crippen LogP contribution in [-0.4, -0.2) is 40.4 Å². The van der Waals surface area contributed by atoms with E-state index in [1.807, 2.05) is 0 Å². The van der Waals surface area contributed by atoms with Crippen LogP contribution in [0.4, 0.5) is 0 Å². The molecule has 4 heavy (non-hydrogen) atoms. The quantitative estimate of drug-likeness (QED) is 0.373. The standard InChI is InChI=1S/Al.Mg.O.Zn.5H/q;+2;;;;;;2*-1. The van der Waals surface area contributed by atoms with Crippen molar-refractivity contribution in [3.63, 3.8) is 0 Å². The van der Waals surface area contributed by atoms with E-state index in [9.17, 15) is 0 Å². The molecule has 0 aliphatic heterocycles. The van der Waals surface area contributed by atoms with Crippen LogP contribution in [0.5, 0.6) is 0 Å². The zero-order valence-corrected chi connectivity index (χ0v) is 6.20. The van der Waals surface area contributed by atoms with E-state index in [-0.39, 0.29) is 61.5 Å². The summed E-state index contributed by atoms with van der Waals surface area (Å²) in [7, 11) is 0. The first-order valence-electron chi connectivity index (χ1n) is 0.289. The van der Waals surface area contributed by atoms with Gasteiger partial charge in [0.05, 0.1) is 0 Å². The van der Waals surface area contributed by atoms with Crippen LogP contribution in [-0.2, 0) is 21.8 Å². The minimum atomic E-state index is 0. The van der Waals surface area contributed by atoms with Crippen molar-refractivity contribution in [2.24, 2.45) is 0 Å². The second-order valence-corrected chi connectivity index (χ2v) is 0. The van der Waals surface area contributed by atoms with Crippen LogP contribution in [0.2, 0.25) is 0 Å². The van der Waals surface area contributed by atoms with E-state index in [0.717, 1.165) is 0 Å². The third kappa shape index (κ3) is 9.30. The SMILES string of the molecule is [AlH3].[H-].[H-].[Mg+2].[O]=[Zn]. The van der Waals surface area contributed by atoms with E-state index in [1.165, 1.54) is 0 Å². The third-order valence-corrected chi connectivity index (χ3v) is 0. The Balaban J connectivity index is -0.000000000833. The van der Waals surface area contributed by atoms with E-state index in [2.05, 4.69) is 0 Å². The molecule has 0 spiro atoms. The summed E-state index contributed by atoms with van der Waals surface area (Å²) in [4.78, 5) is 0. The van der Waals surface area contributed by atoms with Crippen molar-refractivity contribution in [2.75, 3.05) is 0 Å². The molecule has 0 aliphatic rings. The summed E-state index contributed by atoms with van der Waals surface area (Å²) in [5.41, 5.74) is 0. The molecule has 0 rings (SSSR count). The average Bonchev–Trinajstić information content (AvgIpc) is 1.00. The van der Waals surface area contributed by atoms with Gasteiger partial charge in [0.1, 0.15) is 0 Å². The first-order valence-corrected chi connectivity index (χ1v) is 1.50. The van der Waals surface area contributed by atoms with Crippen molar-refractivity contribution < 1.29 is 24.7 Å². The second kappa shape index (κ2) is 22.1. The zero-order chi connectivity index (χ0) is 2.00. The molecule has 0 unspecified atom stereocenters. The van der Waals surface area contributed by atoms with Gasteiger partial charge in [-0.05, 0) is 0 Å². The minimum absolute atomic E-state index is 0. The summed E-state index contributed by atoms with van der Waals surface area (Å²) in [6, 6.07) is 0. The van der Waals surface area contributed by atoms with Gasteiger partial charge in [0.25, 0.3) is 0 Å². The molecule has 0 aromatic rings. The molecule has 18 valence electrons. The molecule has 0 fully saturated rings. The van der Waals surface area contributed by atoms with Crippen molar-refractivity contribution in [2.45, 2.75) is 0 Å². The summed E-state index contributed by atoms with van der Waals surface area (Å²) < 4.78 is 8.38. The number of hydrogen-bond donors (Lipinski definition) is 0. The second-order valence-electron chi connectivity index (χ2n) is 0. The fraction of sp³-hybridized carbons (Fsp3) is 0. The Kier molecular flexibility index (Phi) is 95.0. The van der Waals surface area contributed by atoms with Crippen LogP contribution in [0.15, 0.2) is 0 Å². The van der Waals surface area contributed by atoms with E-state index in [0.29, 0.717) is 0 Å². The first-order chi connectivity index (χ1) is 1.00. The van der Waals surface area contributed by atoms with Crippen molar-refractivity contribution in [1.29, 1.82) is 0 Å². The first kappa shape index (κ1) is 17.2. The van der Waals surface area contributed by atoms with Gasteiger partial charge in [-0.2, -0.15) is 0 Å². The molecule has 0 aromatic carbocycles. The van der Waals surface area contributed by atoms with Gasteiger partial charge in [-0.3, -0.25) is 0 Å². The molecule has 0 aliphatic carbocycles. The molecule has 0 radical (unpaired) electrons. The predicted octanol–water partition coefficient (Wildman–Crippen LogP) is -1.46. The number of hydrogen-bond acceptors (Lipinski definition) is 1. The van der Waals surface area contributed by atoms with E-state index < -0.39 is 0 Å². The van der Waals surface area contributed by atoms with Crippen molar-refractivity contribution in [1.82, 2.24) is 0 Å². The van der Waals surface area contributed by atoms with Crippen LogP contribution < -0.4 is 0 Å². The fourth-order valence-electron chi connectivity index (χ4n) is 0. The van der Waals surface area contributed by atoms with Crippen LogP contribution in [0.1, 0.15) is 2.85 Å². The van der Waals surface area contributed by atoms with Crippen molar-refractivity contribution >= 4 is 40.4 Å². The van der Waals surface area contributed by atoms with Gasteiger partial charge in [-0.25, -0.2) is 0 Å². The molecule has 0 atom stereocenters. The molecule has 0 saturated carbocycles. The topological polar surface area (TPSA) is 17.1 Å². The monoisotopic (exact) mass is 136 g/mol. The summed E-state index contributed by atoms with van der Waals surface area (Å²) >= 11 is 0.125. The Labute approximate surface area is 64.7 Å². The maximum atomic E-state index is 8.38. The Morgan fingerprint density at radius 1 is 1.50 bits per heavy atom. The van der Waals surface area contributed by atoms with Gasteiger partial charge in [0.2, 0.25) is 0 Å². The van der Waals surface area contributed by atoms with Gasteiger partial charge in [0.15, 0.2) is 17.4 Å². The van der Waals surface area contributed by atoms with Gasteiger partial charge >= 0.3 is 44.9 Å². The van der Waals surface area contributed by atoms with Crippen molar-refractivity contribution in [3.05, 3.63) is 0 Å². The van der Waals surface area contributed by atoms with Gasteiger partial charge in [-0.1, -0.05) is 0 Å². The van der Waals surface area contributed by atoms with Gasteiger partial charge in [0, 0.05) is 0 Å². The van der Waals surface area contributed by atoms with Crippen LogP contribution >= 0.6 is 0 Å². The third-order valence-electron chi connectivity index (χ3n) is 0. The van der Waals surface area contributed by atoms with Crippen molar-refractivity contribution in [3.8, 4) is 0 Å². The average molecular weight is 138 g/mol. The van der Waals surface area contributed by atoms with Crippen LogP contribution in [0.25, 0.3) is 0 Å². The van der Waals surface area contributed by atoms with Gasteiger partial charge in [-0.15, -0.1) is 0 Å². The summed E-state index contributed by atoms with van der Waals surface area (Å²) in [5.74, 6) is 0. The molecule has 0 N–H and O–H groups in total. The zero-order valence-electron chi connectivity index (χ0n) is 3.82. The molecule has 0 amide bonds. The number of rotatable bonds is 0. The normalized spacial score (nSPS) is 1.50. The van der Waals surface area contributed by atoms with E-state index >= 15 is 0 Å². The molecule has 0 saturated heterocycles. The fourth-order valence-corrected chi connectivity index (χ4v) is 0. The molecule has 0 heterocycles. The van der Waals surface area contributed by atoms with Gasteiger partial charge < -0.3 is 2.85 Å². The summed E-state index contributed by atoms with van der Waals surface area (Å²) in [5, 5.41) is 0. The molecular weight excluding hydrogens is 133 g/mol.